The van der Waals surface area contributed by atoms with Crippen LogP contribution >= 0.6 is 15.9 Å². The van der Waals surface area contributed by atoms with Crippen LogP contribution < -0.4 is 5.32 Å². The van der Waals surface area contributed by atoms with Crippen LogP contribution in [0.15, 0.2) is 109 Å². The Bertz CT molecular complexity index is 2340. The number of H-pyrrole nitrogens is 2. The number of aromatic nitrogens is 2. The number of para-hydroxylation sites is 2. The number of nitriles is 2. The van der Waals surface area contributed by atoms with E-state index in [1.165, 1.54) is 24.0 Å². The number of amides is 2. The van der Waals surface area contributed by atoms with Gasteiger partial charge in [0.15, 0.2) is 0 Å². The third kappa shape index (κ3) is 13.1. The van der Waals surface area contributed by atoms with E-state index in [9.17, 15) is 9.59 Å². The maximum atomic E-state index is 13.1. The number of hydrogen-bond acceptors (Lipinski definition) is 6. The molecular formula is C51H61BrN8O2. The Morgan fingerprint density at radius 3 is 1.68 bits per heavy atom. The summed E-state index contributed by atoms with van der Waals surface area (Å²) in [4.78, 5) is 38.7. The van der Waals surface area contributed by atoms with Gasteiger partial charge in [0.1, 0.15) is 11.4 Å². The van der Waals surface area contributed by atoms with Gasteiger partial charge in [0.2, 0.25) is 0 Å². The highest BCUT2D eigenvalue weighted by atomic mass is 79.9. The number of likely N-dealkylation sites (tertiary alicyclic amines) is 1. The number of nitrogens with zero attached hydrogens (tertiary/aromatic N) is 5. The Morgan fingerprint density at radius 2 is 1.21 bits per heavy atom. The lowest BCUT2D eigenvalue weighted by molar-refractivity contribution is 0.0679. The van der Waals surface area contributed by atoms with Crippen LogP contribution in [0, 0.1) is 34.5 Å². The van der Waals surface area contributed by atoms with E-state index in [-0.39, 0.29) is 19.2 Å². The number of fused-ring (bicyclic) bond motifs is 2. The lowest BCUT2D eigenvalue weighted by Gasteiger charge is -2.35. The summed E-state index contributed by atoms with van der Waals surface area (Å²) >= 11 is 3.32. The molecule has 0 saturated carbocycles. The Kier molecular flexibility index (Phi) is 18.4. The molecule has 0 spiro atoms. The van der Waals surface area contributed by atoms with Crippen LogP contribution in [-0.4, -0.2) is 88.8 Å². The van der Waals surface area contributed by atoms with E-state index in [0.29, 0.717) is 40.9 Å². The molecule has 2 atom stereocenters. The van der Waals surface area contributed by atoms with Crippen molar-refractivity contribution in [3.63, 3.8) is 0 Å². The normalized spacial score (nSPS) is 16.0. The lowest BCUT2D eigenvalue weighted by Crippen LogP contribution is -2.42. The highest BCUT2D eigenvalue weighted by Gasteiger charge is 2.25. The summed E-state index contributed by atoms with van der Waals surface area (Å²) in [6, 6.07) is 39.5. The van der Waals surface area contributed by atoms with Gasteiger partial charge in [0.05, 0.1) is 23.3 Å². The van der Waals surface area contributed by atoms with Gasteiger partial charge in [0, 0.05) is 66.4 Å². The number of aromatic amines is 2. The van der Waals surface area contributed by atoms with Crippen LogP contribution in [0.2, 0.25) is 0 Å². The number of hydrogen-bond donors (Lipinski definition) is 3. The smallest absolute Gasteiger partial charge is 0.270 e. The molecule has 2 aliphatic rings. The Labute approximate surface area is 376 Å². The van der Waals surface area contributed by atoms with Gasteiger partial charge in [-0.3, -0.25) is 14.5 Å². The number of carbonyl (C=O) groups is 2. The van der Waals surface area contributed by atoms with Gasteiger partial charge in [-0.05, 0) is 131 Å². The number of halogens is 1. The van der Waals surface area contributed by atoms with Crippen LogP contribution in [0.5, 0.6) is 0 Å². The third-order valence-electron chi connectivity index (χ3n) is 11.5. The molecule has 2 saturated heterocycles. The zero-order valence-electron chi connectivity index (χ0n) is 35.4. The molecule has 2 fully saturated rings. The van der Waals surface area contributed by atoms with Crippen molar-refractivity contribution in [2.24, 2.45) is 11.8 Å². The minimum atomic E-state index is 0. The Hall–Kier alpha value is -5.72. The van der Waals surface area contributed by atoms with Crippen molar-refractivity contribution >= 4 is 49.6 Å². The third-order valence-corrected chi connectivity index (χ3v) is 12.2. The van der Waals surface area contributed by atoms with E-state index in [1.54, 1.807) is 0 Å². The minimum Gasteiger partial charge on any atom is -0.351 e. The molecule has 2 aromatic heterocycles. The second kappa shape index (κ2) is 24.1. The molecule has 11 heteroatoms. The maximum Gasteiger partial charge on any atom is 0.270 e. The fraction of sp³-hybridized carbons (Fsp3) is 0.373. The molecule has 324 valence electrons. The van der Waals surface area contributed by atoms with Crippen molar-refractivity contribution < 1.29 is 9.59 Å². The van der Waals surface area contributed by atoms with E-state index in [1.807, 2.05) is 119 Å². The summed E-state index contributed by atoms with van der Waals surface area (Å²) in [6.45, 7) is 12.3. The van der Waals surface area contributed by atoms with Crippen LogP contribution in [0.25, 0.3) is 21.8 Å². The fourth-order valence-corrected chi connectivity index (χ4v) is 8.56. The molecular weight excluding hydrogens is 837 g/mol. The van der Waals surface area contributed by atoms with Gasteiger partial charge in [-0.25, -0.2) is 0 Å². The molecule has 4 heterocycles. The first kappa shape index (κ1) is 47.3. The van der Waals surface area contributed by atoms with Gasteiger partial charge in [-0.15, -0.1) is 0 Å². The van der Waals surface area contributed by atoms with E-state index < -0.39 is 0 Å². The first-order chi connectivity index (χ1) is 29.8. The van der Waals surface area contributed by atoms with Crippen molar-refractivity contribution in [1.29, 1.82) is 10.5 Å². The summed E-state index contributed by atoms with van der Waals surface area (Å²) in [6.07, 6.45) is 4.73. The molecule has 0 aliphatic carbocycles. The van der Waals surface area contributed by atoms with Crippen molar-refractivity contribution in [2.75, 3.05) is 52.4 Å². The van der Waals surface area contributed by atoms with E-state index in [4.69, 9.17) is 10.5 Å². The quantitative estimate of drug-likeness (QED) is 0.111. The van der Waals surface area contributed by atoms with Crippen LogP contribution in [0.4, 0.5) is 0 Å². The Balaban J connectivity index is 0.000000196. The molecule has 0 radical (unpaired) electrons. The van der Waals surface area contributed by atoms with Gasteiger partial charge >= 0.3 is 0 Å². The molecule has 3 N–H and O–H groups in total. The fourth-order valence-electron chi connectivity index (χ4n) is 8.19. The van der Waals surface area contributed by atoms with Crippen molar-refractivity contribution in [2.45, 2.75) is 58.8 Å². The van der Waals surface area contributed by atoms with Gasteiger partial charge in [-0.1, -0.05) is 84.0 Å². The molecule has 4 aromatic carbocycles. The second-order valence-corrected chi connectivity index (χ2v) is 16.5. The number of nitrogens with one attached hydrogen (secondary N) is 3. The number of piperidine rings is 2. The second-order valence-electron chi connectivity index (χ2n) is 15.9. The van der Waals surface area contributed by atoms with Crippen molar-refractivity contribution in [3.05, 3.63) is 143 Å². The molecule has 62 heavy (non-hydrogen) atoms. The Morgan fingerprint density at radius 1 is 0.710 bits per heavy atom. The largest absolute Gasteiger partial charge is 0.351 e. The van der Waals surface area contributed by atoms with E-state index in [2.05, 4.69) is 62.1 Å². The van der Waals surface area contributed by atoms with Gasteiger partial charge in [-0.2, -0.15) is 10.5 Å². The molecule has 2 amide bonds. The minimum absolute atomic E-state index is 0. The number of carbonyl (C=O) groups excluding carboxylic acids is 2. The predicted octanol–water partition coefficient (Wildman–Crippen LogP) is 10.1. The number of benzene rings is 4. The van der Waals surface area contributed by atoms with Crippen LogP contribution in [-0.2, 0) is 11.9 Å². The lowest BCUT2D eigenvalue weighted by atomic mass is 9.96. The topological polar surface area (TPSA) is 135 Å². The number of rotatable bonds is 11. The summed E-state index contributed by atoms with van der Waals surface area (Å²) < 4.78 is 0. The zero-order chi connectivity index (χ0) is 43.0. The van der Waals surface area contributed by atoms with Gasteiger partial charge in [0.25, 0.3) is 11.8 Å². The summed E-state index contributed by atoms with van der Waals surface area (Å²) in [7, 11) is 0. The molecule has 6 aromatic rings. The molecule has 2 aliphatic heterocycles. The molecule has 8 rings (SSSR count). The summed E-state index contributed by atoms with van der Waals surface area (Å²) in [5.41, 5.74) is 7.23. The number of alkyl halides is 1. The SMILES string of the molecule is C.CCN(CC1CCCN(Cc2ccc(C#N)cc2)C1)C(=O)c1cc2ccccc2[nH]1.CCN(CC1CCCNC1)C(=O)c1cc2ccccc2[nH]1.N#Cc1ccc(CBr)cc1. The van der Waals surface area contributed by atoms with Gasteiger partial charge < -0.3 is 25.1 Å². The zero-order valence-corrected chi connectivity index (χ0v) is 37.0. The van der Waals surface area contributed by atoms with Crippen LogP contribution in [0.3, 0.4) is 0 Å². The average Bonchev–Trinajstić information content (AvgIpc) is 3.96. The molecule has 2 unspecified atom stereocenters. The highest BCUT2D eigenvalue weighted by Crippen LogP contribution is 2.23. The summed E-state index contributed by atoms with van der Waals surface area (Å²) in [5, 5.41) is 23.8. The van der Waals surface area contributed by atoms with Crippen molar-refractivity contribution in [3.8, 4) is 12.1 Å². The monoisotopic (exact) mass is 896 g/mol. The van der Waals surface area contributed by atoms with E-state index >= 15 is 0 Å². The first-order valence-electron chi connectivity index (χ1n) is 21.5. The van der Waals surface area contributed by atoms with Crippen LogP contribution in [0.1, 0.15) is 90.2 Å². The summed E-state index contributed by atoms with van der Waals surface area (Å²) in [5.74, 6) is 1.25. The first-order valence-corrected chi connectivity index (χ1v) is 22.6. The predicted molar refractivity (Wildman–Crippen MR) is 255 cm³/mol. The molecule has 10 nitrogen and oxygen atoms in total. The molecule has 0 bridgehead atoms. The van der Waals surface area contributed by atoms with E-state index in [0.717, 1.165) is 92.3 Å². The van der Waals surface area contributed by atoms with Crippen molar-refractivity contribution in [1.82, 2.24) is 30.0 Å². The highest BCUT2D eigenvalue weighted by molar-refractivity contribution is 9.08. The average molecular weight is 898 g/mol. The standard InChI is InChI=1S/C25H28N4O.C17H23N3O.C8H6BrN.CH4/c1-2-29(25(30)24-14-22-7-3-4-8-23(22)27-24)18-21-6-5-13-28(17-21)16-20-11-9-19(15-26)10-12-20;1-2-20(12-13-6-5-9-18-11-13)17(21)16-10-14-7-3-4-8-15(14)19-16;9-5-7-1-3-8(6-10)4-2-7;/h3-4,7-12,14,21,27H,2,5-6,13,16-18H2,1H3;3-4,7-8,10,13,18-19H,2,5-6,9,11-12H2,1H3;1-4H,5H2;1H4. The maximum absolute atomic E-state index is 13.1.